The molecule has 2 heteroatoms. The van der Waals surface area contributed by atoms with Gasteiger partial charge in [-0.2, -0.15) is 0 Å². The number of fused-ring (bicyclic) bond motifs is 1. The number of hydrogen-bond acceptors (Lipinski definition) is 1. The molecule has 11 heavy (non-hydrogen) atoms. The number of benzene rings is 1. The highest BCUT2D eigenvalue weighted by Gasteiger charge is 1.98. The van der Waals surface area contributed by atoms with Crippen LogP contribution in [0.5, 0.6) is 5.75 Å². The molecule has 0 aliphatic carbocycles. The number of phenolic OH excluding ortho intramolecular Hbond substituents is 1. The van der Waals surface area contributed by atoms with E-state index in [4.69, 9.17) is 0 Å². The monoisotopic (exact) mass is 147 g/mol. The van der Waals surface area contributed by atoms with E-state index in [1.54, 1.807) is 6.07 Å². The standard InChI is InChI=1S/C9H9NO/c1-6-4-8-7(2-3-10-8)5-9(6)11/h2-5,10-11H,1H3. The first-order chi connectivity index (χ1) is 5.27. The molecule has 0 spiro atoms. The number of H-pyrrole nitrogens is 1. The van der Waals surface area contributed by atoms with Gasteiger partial charge in [-0.15, -0.1) is 0 Å². The molecule has 1 aromatic heterocycles. The van der Waals surface area contributed by atoms with Gasteiger partial charge >= 0.3 is 0 Å². The van der Waals surface area contributed by atoms with Crippen molar-refractivity contribution in [3.8, 4) is 5.75 Å². The maximum Gasteiger partial charge on any atom is 0.119 e. The molecule has 0 bridgehead atoms. The number of aromatic hydroxyl groups is 1. The first-order valence-corrected chi connectivity index (χ1v) is 3.54. The Morgan fingerprint density at radius 3 is 3.00 bits per heavy atom. The minimum Gasteiger partial charge on any atom is -0.508 e. The Bertz CT molecular complexity index is 353. The van der Waals surface area contributed by atoms with Gasteiger partial charge in [0.1, 0.15) is 5.75 Å². The Kier molecular flexibility index (Phi) is 1.15. The van der Waals surface area contributed by atoms with Crippen molar-refractivity contribution in [2.75, 3.05) is 0 Å². The van der Waals surface area contributed by atoms with Gasteiger partial charge in [0.05, 0.1) is 0 Å². The van der Waals surface area contributed by atoms with E-state index >= 15 is 0 Å². The first-order valence-electron chi connectivity index (χ1n) is 3.54. The van der Waals surface area contributed by atoms with Gasteiger partial charge in [0.25, 0.3) is 0 Å². The number of nitrogens with one attached hydrogen (secondary N) is 1. The van der Waals surface area contributed by atoms with E-state index in [0.29, 0.717) is 5.75 Å². The number of rotatable bonds is 0. The quantitative estimate of drug-likeness (QED) is 0.588. The summed E-state index contributed by atoms with van der Waals surface area (Å²) in [5.41, 5.74) is 1.97. The summed E-state index contributed by atoms with van der Waals surface area (Å²) >= 11 is 0. The van der Waals surface area contributed by atoms with Crippen LogP contribution in [0.15, 0.2) is 24.4 Å². The van der Waals surface area contributed by atoms with Crippen LogP contribution in [0, 0.1) is 6.92 Å². The van der Waals surface area contributed by atoms with Crippen LogP contribution in [0.1, 0.15) is 5.56 Å². The average molecular weight is 147 g/mol. The zero-order valence-electron chi connectivity index (χ0n) is 6.26. The van der Waals surface area contributed by atoms with Crippen LogP contribution < -0.4 is 0 Å². The van der Waals surface area contributed by atoms with Crippen molar-refractivity contribution in [3.05, 3.63) is 30.0 Å². The zero-order chi connectivity index (χ0) is 7.84. The van der Waals surface area contributed by atoms with E-state index in [1.165, 1.54) is 0 Å². The van der Waals surface area contributed by atoms with Crippen LogP contribution in [-0.4, -0.2) is 10.1 Å². The highest BCUT2D eigenvalue weighted by molar-refractivity contribution is 5.81. The summed E-state index contributed by atoms with van der Waals surface area (Å²) in [7, 11) is 0. The highest BCUT2D eigenvalue weighted by Crippen LogP contribution is 2.22. The number of hydrogen-bond donors (Lipinski definition) is 2. The molecule has 2 rings (SSSR count). The van der Waals surface area contributed by atoms with Crippen molar-refractivity contribution in [3.63, 3.8) is 0 Å². The third-order valence-corrected chi connectivity index (χ3v) is 1.87. The van der Waals surface area contributed by atoms with Crippen molar-refractivity contribution in [2.24, 2.45) is 0 Å². The van der Waals surface area contributed by atoms with Crippen LogP contribution >= 0.6 is 0 Å². The van der Waals surface area contributed by atoms with Crippen molar-refractivity contribution >= 4 is 10.9 Å². The molecule has 2 nitrogen and oxygen atoms in total. The first kappa shape index (κ1) is 6.28. The van der Waals surface area contributed by atoms with Crippen LogP contribution in [0.2, 0.25) is 0 Å². The van der Waals surface area contributed by atoms with Gasteiger partial charge < -0.3 is 10.1 Å². The second-order valence-corrected chi connectivity index (χ2v) is 2.70. The summed E-state index contributed by atoms with van der Waals surface area (Å²) in [6.45, 7) is 1.88. The molecule has 1 heterocycles. The van der Waals surface area contributed by atoms with Gasteiger partial charge in [0.2, 0.25) is 0 Å². The largest absolute Gasteiger partial charge is 0.508 e. The van der Waals surface area contributed by atoms with Gasteiger partial charge in [-0.05, 0) is 30.7 Å². The third kappa shape index (κ3) is 0.871. The predicted octanol–water partition coefficient (Wildman–Crippen LogP) is 2.18. The molecule has 0 atom stereocenters. The zero-order valence-corrected chi connectivity index (χ0v) is 6.26. The minimum absolute atomic E-state index is 0.358. The van der Waals surface area contributed by atoms with Crippen molar-refractivity contribution in [1.82, 2.24) is 4.98 Å². The van der Waals surface area contributed by atoms with E-state index in [2.05, 4.69) is 4.98 Å². The topological polar surface area (TPSA) is 36.0 Å². The molecule has 2 aromatic rings. The van der Waals surface area contributed by atoms with Gasteiger partial charge in [-0.3, -0.25) is 0 Å². The highest BCUT2D eigenvalue weighted by atomic mass is 16.3. The Morgan fingerprint density at radius 2 is 2.18 bits per heavy atom. The summed E-state index contributed by atoms with van der Waals surface area (Å²) in [6, 6.07) is 5.64. The molecular weight excluding hydrogens is 138 g/mol. The number of aromatic nitrogens is 1. The van der Waals surface area contributed by atoms with Gasteiger partial charge in [-0.25, -0.2) is 0 Å². The van der Waals surface area contributed by atoms with E-state index in [-0.39, 0.29) is 0 Å². The Hall–Kier alpha value is -1.44. The Balaban J connectivity index is 2.86. The number of aryl methyl sites for hydroxylation is 1. The number of aromatic amines is 1. The average Bonchev–Trinajstić information content (AvgIpc) is 2.36. The maximum absolute atomic E-state index is 9.32. The fourth-order valence-corrected chi connectivity index (χ4v) is 1.20. The Labute approximate surface area is 64.5 Å². The van der Waals surface area contributed by atoms with E-state index in [1.807, 2.05) is 25.3 Å². The maximum atomic E-state index is 9.32. The third-order valence-electron chi connectivity index (χ3n) is 1.87. The molecule has 0 amide bonds. The molecule has 0 aliphatic rings. The SMILES string of the molecule is Cc1cc2[nH]ccc2cc1O. The molecule has 0 saturated carbocycles. The lowest BCUT2D eigenvalue weighted by atomic mass is 10.2. The second-order valence-electron chi connectivity index (χ2n) is 2.70. The molecule has 56 valence electrons. The van der Waals surface area contributed by atoms with E-state index in [9.17, 15) is 5.11 Å². The molecule has 0 fully saturated rings. The summed E-state index contributed by atoms with van der Waals surface area (Å²) in [5.74, 6) is 0.358. The minimum atomic E-state index is 0.358. The molecule has 0 radical (unpaired) electrons. The molecule has 0 saturated heterocycles. The van der Waals surface area contributed by atoms with Crippen molar-refractivity contribution < 1.29 is 5.11 Å². The summed E-state index contributed by atoms with van der Waals surface area (Å²) < 4.78 is 0. The van der Waals surface area contributed by atoms with E-state index < -0.39 is 0 Å². The van der Waals surface area contributed by atoms with Crippen molar-refractivity contribution in [2.45, 2.75) is 6.92 Å². The van der Waals surface area contributed by atoms with Crippen LogP contribution in [0.3, 0.4) is 0 Å². The summed E-state index contributed by atoms with van der Waals surface area (Å²) in [6.07, 6.45) is 1.86. The lowest BCUT2D eigenvalue weighted by Gasteiger charge is -1.97. The van der Waals surface area contributed by atoms with Crippen molar-refractivity contribution in [1.29, 1.82) is 0 Å². The summed E-state index contributed by atoms with van der Waals surface area (Å²) in [5, 5.41) is 10.4. The fraction of sp³-hybridized carbons (Fsp3) is 0.111. The molecule has 2 N–H and O–H groups in total. The molecule has 0 aliphatic heterocycles. The lowest BCUT2D eigenvalue weighted by molar-refractivity contribution is 0.472. The van der Waals surface area contributed by atoms with Crippen LogP contribution in [0.25, 0.3) is 10.9 Å². The predicted molar refractivity (Wildman–Crippen MR) is 44.7 cm³/mol. The van der Waals surface area contributed by atoms with Crippen LogP contribution in [0.4, 0.5) is 0 Å². The van der Waals surface area contributed by atoms with Gasteiger partial charge in [0, 0.05) is 17.1 Å². The molecular formula is C9H9NO. The fourth-order valence-electron chi connectivity index (χ4n) is 1.20. The van der Waals surface area contributed by atoms with Gasteiger partial charge in [0.15, 0.2) is 0 Å². The Morgan fingerprint density at radius 1 is 1.36 bits per heavy atom. The lowest BCUT2D eigenvalue weighted by Crippen LogP contribution is -1.74. The smallest absolute Gasteiger partial charge is 0.119 e. The second kappa shape index (κ2) is 2.02. The molecule has 0 unspecified atom stereocenters. The molecule has 1 aromatic carbocycles. The van der Waals surface area contributed by atoms with E-state index in [0.717, 1.165) is 16.5 Å². The normalized spacial score (nSPS) is 10.6. The number of phenols is 1. The van der Waals surface area contributed by atoms with Gasteiger partial charge in [-0.1, -0.05) is 0 Å². The van der Waals surface area contributed by atoms with Crippen LogP contribution in [-0.2, 0) is 0 Å². The summed E-state index contributed by atoms with van der Waals surface area (Å²) in [4.78, 5) is 3.08.